The molecule has 0 bridgehead atoms. The quantitative estimate of drug-likeness (QED) is 0.857. The molecular formula is C16H22N2. The molecule has 2 aliphatic rings. The van der Waals surface area contributed by atoms with Crippen molar-refractivity contribution in [1.29, 1.82) is 0 Å². The molecule has 0 aromatic heterocycles. The van der Waals surface area contributed by atoms with Crippen molar-refractivity contribution >= 4 is 11.8 Å². The van der Waals surface area contributed by atoms with Crippen LogP contribution in [0.2, 0.25) is 0 Å². The summed E-state index contributed by atoms with van der Waals surface area (Å²) < 4.78 is 0. The third kappa shape index (κ3) is 2.75. The van der Waals surface area contributed by atoms with E-state index in [1.807, 2.05) is 0 Å². The molecule has 3 rings (SSSR count). The van der Waals surface area contributed by atoms with E-state index >= 15 is 0 Å². The number of piperidine rings is 1. The van der Waals surface area contributed by atoms with Crippen molar-refractivity contribution in [2.24, 2.45) is 0 Å². The van der Waals surface area contributed by atoms with Gasteiger partial charge in [0.05, 0.1) is 0 Å². The van der Waals surface area contributed by atoms with Gasteiger partial charge in [-0.05, 0) is 56.5 Å². The molecule has 0 spiro atoms. The molecular weight excluding hydrogens is 220 g/mol. The summed E-state index contributed by atoms with van der Waals surface area (Å²) >= 11 is 0. The van der Waals surface area contributed by atoms with Gasteiger partial charge in [0.1, 0.15) is 0 Å². The van der Waals surface area contributed by atoms with Gasteiger partial charge < -0.3 is 10.2 Å². The summed E-state index contributed by atoms with van der Waals surface area (Å²) in [6.07, 6.45) is 7.48. The topological polar surface area (TPSA) is 15.3 Å². The van der Waals surface area contributed by atoms with Gasteiger partial charge in [-0.15, -0.1) is 0 Å². The van der Waals surface area contributed by atoms with Crippen LogP contribution in [0.15, 0.2) is 29.8 Å². The maximum absolute atomic E-state index is 3.41. The molecule has 2 saturated heterocycles. The van der Waals surface area contributed by atoms with E-state index in [4.69, 9.17) is 0 Å². The zero-order chi connectivity index (χ0) is 12.2. The summed E-state index contributed by atoms with van der Waals surface area (Å²) in [6.45, 7) is 4.73. The van der Waals surface area contributed by atoms with E-state index in [9.17, 15) is 0 Å². The molecule has 18 heavy (non-hydrogen) atoms. The van der Waals surface area contributed by atoms with Crippen molar-refractivity contribution < 1.29 is 0 Å². The Balaban J connectivity index is 1.77. The van der Waals surface area contributed by atoms with E-state index in [-0.39, 0.29) is 0 Å². The van der Waals surface area contributed by atoms with Crippen LogP contribution >= 0.6 is 0 Å². The fourth-order valence-electron chi connectivity index (χ4n) is 2.91. The van der Waals surface area contributed by atoms with Crippen molar-refractivity contribution in [2.45, 2.75) is 25.7 Å². The van der Waals surface area contributed by atoms with Crippen LogP contribution in [-0.2, 0) is 0 Å². The Bertz CT molecular complexity index is 422. The Morgan fingerprint density at radius 1 is 1.06 bits per heavy atom. The van der Waals surface area contributed by atoms with E-state index in [0.29, 0.717) is 0 Å². The first-order valence-electron chi connectivity index (χ1n) is 7.17. The lowest BCUT2D eigenvalue weighted by atomic mass is 10.0. The van der Waals surface area contributed by atoms with Crippen LogP contribution in [0.1, 0.15) is 31.2 Å². The maximum Gasteiger partial charge on any atom is 0.0372 e. The molecule has 2 fully saturated rings. The lowest BCUT2D eigenvalue weighted by molar-refractivity contribution is 0.613. The van der Waals surface area contributed by atoms with Gasteiger partial charge in [0.25, 0.3) is 0 Å². The number of rotatable bonds is 2. The van der Waals surface area contributed by atoms with Crippen LogP contribution in [0.5, 0.6) is 0 Å². The van der Waals surface area contributed by atoms with Crippen LogP contribution in [0.3, 0.4) is 0 Å². The molecule has 0 amide bonds. The summed E-state index contributed by atoms with van der Waals surface area (Å²) in [5.74, 6) is 0. The van der Waals surface area contributed by atoms with Crippen molar-refractivity contribution in [3.63, 3.8) is 0 Å². The number of hydrogen-bond acceptors (Lipinski definition) is 2. The first kappa shape index (κ1) is 11.8. The Kier molecular flexibility index (Phi) is 3.65. The molecule has 0 saturated carbocycles. The largest absolute Gasteiger partial charge is 0.372 e. The summed E-state index contributed by atoms with van der Waals surface area (Å²) in [5, 5.41) is 3.41. The summed E-state index contributed by atoms with van der Waals surface area (Å²) in [4.78, 5) is 2.50. The smallest absolute Gasteiger partial charge is 0.0372 e. The van der Waals surface area contributed by atoms with Gasteiger partial charge in [-0.1, -0.05) is 23.8 Å². The second-order valence-corrected chi connectivity index (χ2v) is 5.34. The molecule has 0 radical (unpaired) electrons. The predicted octanol–water partition coefficient (Wildman–Crippen LogP) is 3.05. The molecule has 2 nitrogen and oxygen atoms in total. The van der Waals surface area contributed by atoms with E-state index in [1.54, 1.807) is 5.57 Å². The van der Waals surface area contributed by atoms with Gasteiger partial charge in [0.15, 0.2) is 0 Å². The Morgan fingerprint density at radius 3 is 2.61 bits per heavy atom. The molecule has 0 atom stereocenters. The van der Waals surface area contributed by atoms with Gasteiger partial charge in [0, 0.05) is 18.8 Å². The Labute approximate surface area is 110 Å². The highest BCUT2D eigenvalue weighted by Gasteiger charge is 2.12. The van der Waals surface area contributed by atoms with Crippen LogP contribution in [0, 0.1) is 0 Å². The minimum absolute atomic E-state index is 1.14. The highest BCUT2D eigenvalue weighted by molar-refractivity contribution is 5.60. The highest BCUT2D eigenvalue weighted by atomic mass is 15.1. The molecule has 96 valence electrons. The maximum atomic E-state index is 3.41. The lowest BCUT2D eigenvalue weighted by Crippen LogP contribution is -2.22. The van der Waals surface area contributed by atoms with Crippen LogP contribution in [-0.4, -0.2) is 26.2 Å². The molecule has 0 aliphatic carbocycles. The van der Waals surface area contributed by atoms with Gasteiger partial charge in [0.2, 0.25) is 0 Å². The van der Waals surface area contributed by atoms with Crippen molar-refractivity contribution in [3.05, 3.63) is 35.4 Å². The monoisotopic (exact) mass is 242 g/mol. The summed E-state index contributed by atoms with van der Waals surface area (Å²) in [5.41, 5.74) is 4.36. The fraction of sp³-hybridized carbons (Fsp3) is 0.500. The van der Waals surface area contributed by atoms with Crippen molar-refractivity contribution in [1.82, 2.24) is 5.32 Å². The molecule has 2 heteroatoms. The van der Waals surface area contributed by atoms with E-state index < -0.39 is 0 Å². The zero-order valence-electron chi connectivity index (χ0n) is 11.0. The zero-order valence-corrected chi connectivity index (χ0v) is 11.0. The average Bonchev–Trinajstić information content (AvgIpc) is 2.94. The molecule has 0 unspecified atom stereocenters. The third-order valence-electron chi connectivity index (χ3n) is 3.96. The number of nitrogens with zero attached hydrogens (tertiary/aromatic N) is 1. The minimum Gasteiger partial charge on any atom is -0.372 e. The number of anilines is 1. The normalized spacial score (nSPS) is 20.2. The molecule has 2 aliphatic heterocycles. The van der Waals surface area contributed by atoms with Crippen molar-refractivity contribution in [3.8, 4) is 0 Å². The van der Waals surface area contributed by atoms with Gasteiger partial charge in [-0.2, -0.15) is 0 Å². The van der Waals surface area contributed by atoms with Crippen LogP contribution < -0.4 is 10.2 Å². The SMILES string of the molecule is C(=C1CCNCC1)c1cccc(N2CCCC2)c1. The van der Waals surface area contributed by atoms with Crippen LogP contribution in [0.4, 0.5) is 5.69 Å². The molecule has 1 aromatic rings. The van der Waals surface area contributed by atoms with E-state index in [0.717, 1.165) is 13.1 Å². The predicted molar refractivity (Wildman–Crippen MR) is 78.0 cm³/mol. The van der Waals surface area contributed by atoms with E-state index in [1.165, 1.54) is 50.0 Å². The number of hydrogen-bond donors (Lipinski definition) is 1. The fourth-order valence-corrected chi connectivity index (χ4v) is 2.91. The van der Waals surface area contributed by atoms with Gasteiger partial charge in [-0.25, -0.2) is 0 Å². The number of nitrogens with one attached hydrogen (secondary N) is 1. The van der Waals surface area contributed by atoms with Crippen molar-refractivity contribution in [2.75, 3.05) is 31.1 Å². The third-order valence-corrected chi connectivity index (χ3v) is 3.96. The lowest BCUT2D eigenvalue weighted by Gasteiger charge is -2.19. The summed E-state index contributed by atoms with van der Waals surface area (Å²) in [7, 11) is 0. The first-order valence-corrected chi connectivity index (χ1v) is 7.17. The minimum atomic E-state index is 1.14. The van der Waals surface area contributed by atoms with E-state index in [2.05, 4.69) is 40.6 Å². The molecule has 1 N–H and O–H groups in total. The van der Waals surface area contributed by atoms with Gasteiger partial charge in [-0.3, -0.25) is 0 Å². The Morgan fingerprint density at radius 2 is 1.83 bits per heavy atom. The van der Waals surface area contributed by atoms with Crippen LogP contribution in [0.25, 0.3) is 6.08 Å². The second kappa shape index (κ2) is 5.57. The standard InChI is InChI=1S/C16H22N2/c1-2-11-18(10-1)16-5-3-4-15(13-16)12-14-6-8-17-9-7-14/h3-5,12-13,17H,1-2,6-11H2. The average molecular weight is 242 g/mol. The molecule has 1 aromatic carbocycles. The number of benzene rings is 1. The highest BCUT2D eigenvalue weighted by Crippen LogP contribution is 2.23. The first-order chi connectivity index (χ1) is 8.92. The molecule has 2 heterocycles. The Hall–Kier alpha value is -1.28. The summed E-state index contributed by atoms with van der Waals surface area (Å²) in [6, 6.07) is 9.02. The van der Waals surface area contributed by atoms with Gasteiger partial charge >= 0.3 is 0 Å². The second-order valence-electron chi connectivity index (χ2n) is 5.34.